The Kier molecular flexibility index (Phi) is 6.12. The number of rotatable bonds is 2. The number of hydrogen-bond acceptors (Lipinski definition) is 4. The molecule has 0 aromatic heterocycles. The van der Waals surface area contributed by atoms with Crippen molar-refractivity contribution < 1.29 is 0 Å². The lowest BCUT2D eigenvalue weighted by molar-refractivity contribution is 1.63. The van der Waals surface area contributed by atoms with E-state index < -0.39 is 0 Å². The molecule has 0 aliphatic rings. The van der Waals surface area contributed by atoms with Crippen LogP contribution in [0.25, 0.3) is 0 Å². The Bertz CT molecular complexity index is 338. The zero-order valence-electron chi connectivity index (χ0n) is 8.94. The lowest BCUT2D eigenvalue weighted by Crippen LogP contribution is -2.05. The molecule has 16 heavy (non-hydrogen) atoms. The quantitative estimate of drug-likeness (QED) is 0.803. The molecule has 0 amide bonds. The molecule has 2 N–H and O–H groups in total. The van der Waals surface area contributed by atoms with Crippen molar-refractivity contribution >= 4 is 68.0 Å². The normalized spacial score (nSPS) is 9.62. The Morgan fingerprint density at radius 1 is 0.875 bits per heavy atom. The van der Waals surface area contributed by atoms with Gasteiger partial charge in [0.15, 0.2) is 0 Å². The van der Waals surface area contributed by atoms with Gasteiger partial charge in [-0.25, -0.2) is 0 Å². The van der Waals surface area contributed by atoms with Crippen molar-refractivity contribution in [3.63, 3.8) is 0 Å². The molecular formula is C10H12N2S4. The summed E-state index contributed by atoms with van der Waals surface area (Å²) in [4.78, 5) is 0. The molecule has 0 spiro atoms. The average Bonchev–Trinajstić information content (AvgIpc) is 2.31. The Balaban J connectivity index is 2.60. The summed E-state index contributed by atoms with van der Waals surface area (Å²) in [7, 11) is 0. The highest BCUT2D eigenvalue weighted by molar-refractivity contribution is 8.23. The molecule has 1 aromatic carbocycles. The highest BCUT2D eigenvalue weighted by Crippen LogP contribution is 2.16. The van der Waals surface area contributed by atoms with Gasteiger partial charge in [0.05, 0.1) is 0 Å². The summed E-state index contributed by atoms with van der Waals surface area (Å²) < 4.78 is 1.53. The predicted octanol–water partition coefficient (Wildman–Crippen LogP) is 3.81. The number of nitrogens with one attached hydrogen (secondary N) is 2. The molecule has 0 atom stereocenters. The van der Waals surface area contributed by atoms with E-state index in [4.69, 9.17) is 24.4 Å². The van der Waals surface area contributed by atoms with Crippen LogP contribution in [0.2, 0.25) is 0 Å². The van der Waals surface area contributed by atoms with Crippen LogP contribution in [-0.2, 0) is 0 Å². The van der Waals surface area contributed by atoms with Crippen molar-refractivity contribution in [3.05, 3.63) is 24.3 Å². The fraction of sp³-hybridized carbons (Fsp3) is 0.200. The average molecular weight is 288 g/mol. The summed E-state index contributed by atoms with van der Waals surface area (Å²) in [5.74, 6) is 0. The third-order valence-corrected chi connectivity index (χ3v) is 3.90. The van der Waals surface area contributed by atoms with Crippen molar-refractivity contribution in [3.8, 4) is 0 Å². The second-order valence-corrected chi connectivity index (χ2v) is 5.78. The molecule has 0 aliphatic heterocycles. The highest BCUT2D eigenvalue weighted by Gasteiger charge is 1.98. The Morgan fingerprint density at radius 3 is 1.44 bits per heavy atom. The van der Waals surface area contributed by atoms with Crippen molar-refractivity contribution in [2.45, 2.75) is 0 Å². The van der Waals surface area contributed by atoms with Crippen LogP contribution in [0.4, 0.5) is 11.4 Å². The second kappa shape index (κ2) is 7.11. The van der Waals surface area contributed by atoms with Gasteiger partial charge < -0.3 is 10.6 Å². The van der Waals surface area contributed by atoms with E-state index in [0.29, 0.717) is 0 Å². The number of thioether (sulfide) groups is 2. The first-order valence-corrected chi connectivity index (χ1v) is 7.72. The van der Waals surface area contributed by atoms with E-state index >= 15 is 0 Å². The van der Waals surface area contributed by atoms with Gasteiger partial charge in [-0.05, 0) is 36.8 Å². The van der Waals surface area contributed by atoms with Crippen LogP contribution < -0.4 is 10.6 Å². The maximum absolute atomic E-state index is 5.07. The molecule has 0 aliphatic carbocycles. The lowest BCUT2D eigenvalue weighted by Gasteiger charge is -2.08. The van der Waals surface area contributed by atoms with Gasteiger partial charge in [-0.15, -0.1) is 23.5 Å². The Labute approximate surface area is 115 Å². The van der Waals surface area contributed by atoms with Crippen LogP contribution >= 0.6 is 48.0 Å². The highest BCUT2D eigenvalue weighted by atomic mass is 32.2. The number of thiocarbonyl (C=S) groups is 2. The van der Waals surface area contributed by atoms with Crippen LogP contribution in [0, 0.1) is 0 Å². The summed E-state index contributed by atoms with van der Waals surface area (Å²) in [5.41, 5.74) is 1.97. The predicted molar refractivity (Wildman–Crippen MR) is 85.9 cm³/mol. The summed E-state index contributed by atoms with van der Waals surface area (Å²) in [5, 5.41) is 6.23. The van der Waals surface area contributed by atoms with Crippen molar-refractivity contribution in [2.75, 3.05) is 23.1 Å². The molecule has 0 unspecified atom stereocenters. The fourth-order valence-corrected chi connectivity index (χ4v) is 1.65. The van der Waals surface area contributed by atoms with Gasteiger partial charge >= 0.3 is 0 Å². The van der Waals surface area contributed by atoms with E-state index in [1.807, 2.05) is 36.8 Å². The third kappa shape index (κ3) is 4.69. The van der Waals surface area contributed by atoms with Gasteiger partial charge in [0.25, 0.3) is 0 Å². The zero-order valence-corrected chi connectivity index (χ0v) is 12.2. The van der Waals surface area contributed by atoms with Crippen LogP contribution in [0.1, 0.15) is 0 Å². The van der Waals surface area contributed by atoms with Crippen molar-refractivity contribution in [1.82, 2.24) is 0 Å². The molecule has 1 rings (SSSR count). The zero-order chi connectivity index (χ0) is 12.0. The van der Waals surface area contributed by atoms with E-state index in [1.54, 1.807) is 0 Å². The van der Waals surface area contributed by atoms with Gasteiger partial charge in [0.1, 0.15) is 8.64 Å². The Hall–Kier alpha value is -0.300. The molecule has 0 fully saturated rings. The fourth-order valence-electron chi connectivity index (χ4n) is 0.975. The van der Waals surface area contributed by atoms with Gasteiger partial charge in [-0.3, -0.25) is 0 Å². The first kappa shape index (κ1) is 13.8. The van der Waals surface area contributed by atoms with Gasteiger partial charge in [-0.2, -0.15) is 0 Å². The third-order valence-electron chi connectivity index (χ3n) is 1.75. The lowest BCUT2D eigenvalue weighted by atomic mass is 10.3. The number of hydrogen-bond donors (Lipinski definition) is 2. The Morgan fingerprint density at radius 2 is 1.19 bits per heavy atom. The first-order chi connectivity index (χ1) is 7.65. The molecule has 6 heteroatoms. The summed E-state index contributed by atoms with van der Waals surface area (Å²) in [6.07, 6.45) is 3.89. The minimum absolute atomic E-state index is 0.764. The van der Waals surface area contributed by atoms with E-state index in [9.17, 15) is 0 Å². The second-order valence-electron chi connectivity index (χ2n) is 2.81. The SMILES string of the molecule is CSC(=S)Nc1ccc(NC(=S)SC)cc1. The van der Waals surface area contributed by atoms with Gasteiger partial charge in [-0.1, -0.05) is 24.4 Å². The topological polar surface area (TPSA) is 24.1 Å². The van der Waals surface area contributed by atoms with Crippen LogP contribution in [-0.4, -0.2) is 21.2 Å². The minimum Gasteiger partial charge on any atom is -0.341 e. The van der Waals surface area contributed by atoms with Gasteiger partial charge in [0.2, 0.25) is 0 Å². The maximum Gasteiger partial charge on any atom is 0.137 e. The van der Waals surface area contributed by atoms with Crippen LogP contribution in [0.15, 0.2) is 24.3 Å². The van der Waals surface area contributed by atoms with Crippen LogP contribution in [0.3, 0.4) is 0 Å². The number of anilines is 2. The van der Waals surface area contributed by atoms with E-state index in [2.05, 4.69) is 10.6 Å². The van der Waals surface area contributed by atoms with E-state index in [0.717, 1.165) is 20.0 Å². The molecule has 2 nitrogen and oxygen atoms in total. The summed E-state index contributed by atoms with van der Waals surface area (Å²) >= 11 is 13.2. The smallest absolute Gasteiger partial charge is 0.137 e. The number of benzene rings is 1. The minimum atomic E-state index is 0.764. The molecule has 0 saturated carbocycles. The summed E-state index contributed by atoms with van der Waals surface area (Å²) in [6, 6.07) is 7.86. The summed E-state index contributed by atoms with van der Waals surface area (Å²) in [6.45, 7) is 0. The van der Waals surface area contributed by atoms with E-state index in [1.165, 1.54) is 23.5 Å². The van der Waals surface area contributed by atoms with E-state index in [-0.39, 0.29) is 0 Å². The molecular weight excluding hydrogens is 276 g/mol. The largest absolute Gasteiger partial charge is 0.341 e. The molecule has 0 bridgehead atoms. The molecule has 86 valence electrons. The van der Waals surface area contributed by atoms with Crippen molar-refractivity contribution in [1.29, 1.82) is 0 Å². The standard InChI is InChI=1S/C10H12N2S4/c1-15-9(13)11-7-3-5-8(6-4-7)12-10(14)16-2/h3-6H,1-2H3,(H,11,13)(H,12,14). The monoisotopic (exact) mass is 288 g/mol. The molecule has 1 aromatic rings. The molecule has 0 heterocycles. The maximum atomic E-state index is 5.07. The van der Waals surface area contributed by atoms with Crippen LogP contribution in [0.5, 0.6) is 0 Å². The van der Waals surface area contributed by atoms with Gasteiger partial charge in [0, 0.05) is 11.4 Å². The molecule has 0 saturated heterocycles. The van der Waals surface area contributed by atoms with Crippen molar-refractivity contribution in [2.24, 2.45) is 0 Å². The first-order valence-electron chi connectivity index (χ1n) is 4.45. The molecule has 0 radical (unpaired) electrons.